The first-order valence-corrected chi connectivity index (χ1v) is 12.8. The highest BCUT2D eigenvalue weighted by molar-refractivity contribution is 7.89. The zero-order valence-corrected chi connectivity index (χ0v) is 21.0. The highest BCUT2D eigenvalue weighted by Gasteiger charge is 2.26. The fraction of sp³-hybridized carbons (Fsp3) is 0.240. The molecule has 0 radical (unpaired) electrons. The zero-order valence-electron chi connectivity index (χ0n) is 18.7. The van der Waals surface area contributed by atoms with Crippen LogP contribution in [0, 0.1) is 11.3 Å². The van der Waals surface area contributed by atoms with Gasteiger partial charge in [-0.2, -0.15) is 5.26 Å². The molecule has 0 atom stereocenters. The molecule has 3 aromatic rings. The predicted molar refractivity (Wildman–Crippen MR) is 133 cm³/mol. The molecule has 0 heterocycles. The zero-order chi connectivity index (χ0) is 24.9. The largest absolute Gasteiger partial charge is 0.489 e. The monoisotopic (exact) mass is 518 g/mol. The van der Waals surface area contributed by atoms with E-state index in [2.05, 4.69) is 6.07 Å². The van der Waals surface area contributed by atoms with Gasteiger partial charge in [0.1, 0.15) is 25.0 Å². The molecule has 3 aromatic carbocycles. The van der Waals surface area contributed by atoms with Crippen LogP contribution < -0.4 is 14.6 Å². The van der Waals surface area contributed by atoms with Crippen LogP contribution in [-0.4, -0.2) is 20.9 Å². The van der Waals surface area contributed by atoms with E-state index < -0.39 is 15.4 Å². The third-order valence-electron chi connectivity index (χ3n) is 5.42. The van der Waals surface area contributed by atoms with Crippen molar-refractivity contribution in [3.05, 3.63) is 87.9 Å². The molecule has 6 nitrogen and oxygen atoms in total. The topological polar surface area (TPSA) is 102 Å². The van der Waals surface area contributed by atoms with Crippen molar-refractivity contribution in [1.29, 1.82) is 5.26 Å². The minimum atomic E-state index is -3.77. The van der Waals surface area contributed by atoms with Gasteiger partial charge < -0.3 is 9.47 Å². The maximum Gasteiger partial charge on any atom is 0.238 e. The van der Waals surface area contributed by atoms with Crippen LogP contribution in [0.3, 0.4) is 0 Å². The molecule has 3 rings (SSSR count). The third kappa shape index (κ3) is 6.02. The summed E-state index contributed by atoms with van der Waals surface area (Å²) < 4.78 is 34.4. The van der Waals surface area contributed by atoms with Crippen molar-refractivity contribution in [3.63, 3.8) is 0 Å². The summed E-state index contributed by atoms with van der Waals surface area (Å²) in [5, 5.41) is 15.1. The quantitative estimate of drug-likeness (QED) is 0.383. The Bertz CT molecular complexity index is 1320. The first-order chi connectivity index (χ1) is 16.1. The van der Waals surface area contributed by atoms with Gasteiger partial charge in [0.15, 0.2) is 5.75 Å². The number of nitrogens with two attached hydrogens (primary N) is 1. The van der Waals surface area contributed by atoms with Crippen LogP contribution in [0.2, 0.25) is 5.02 Å². The number of benzene rings is 3. The van der Waals surface area contributed by atoms with E-state index in [0.29, 0.717) is 33.5 Å². The van der Waals surface area contributed by atoms with Gasteiger partial charge in [0.2, 0.25) is 10.0 Å². The Morgan fingerprint density at radius 3 is 2.35 bits per heavy atom. The van der Waals surface area contributed by atoms with Crippen molar-refractivity contribution in [2.45, 2.75) is 30.8 Å². The molecular formula is C25H24Cl2N2O4S. The van der Waals surface area contributed by atoms with E-state index in [9.17, 15) is 13.7 Å². The summed E-state index contributed by atoms with van der Waals surface area (Å²) in [6.07, 6.45) is 0. The average molecular weight is 519 g/mol. The van der Waals surface area contributed by atoms with Crippen LogP contribution in [0.5, 0.6) is 11.5 Å². The second-order valence-corrected chi connectivity index (χ2v) is 10.5. The Kier molecular flexibility index (Phi) is 8.11. The van der Waals surface area contributed by atoms with Crippen LogP contribution >= 0.6 is 23.2 Å². The number of alkyl halides is 1. The van der Waals surface area contributed by atoms with Crippen LogP contribution in [0.1, 0.15) is 36.1 Å². The average Bonchev–Trinajstić information content (AvgIpc) is 2.81. The number of halogens is 2. The van der Waals surface area contributed by atoms with Gasteiger partial charge in [-0.1, -0.05) is 49.7 Å². The molecule has 0 aromatic heterocycles. The van der Waals surface area contributed by atoms with E-state index in [4.69, 9.17) is 37.8 Å². The van der Waals surface area contributed by atoms with Gasteiger partial charge >= 0.3 is 0 Å². The number of hydrogen-bond donors (Lipinski definition) is 1. The third-order valence-corrected chi connectivity index (χ3v) is 6.76. The molecule has 2 N–H and O–H groups in total. The lowest BCUT2D eigenvalue weighted by molar-refractivity contribution is 0.305. The molecule has 0 aliphatic carbocycles. The van der Waals surface area contributed by atoms with E-state index in [-0.39, 0.29) is 18.1 Å². The highest BCUT2D eigenvalue weighted by atomic mass is 35.5. The lowest BCUT2D eigenvalue weighted by atomic mass is 9.77. The molecule has 0 saturated carbocycles. The summed E-state index contributed by atoms with van der Waals surface area (Å²) >= 11 is 12.1. The van der Waals surface area contributed by atoms with Gasteiger partial charge in [0, 0.05) is 5.41 Å². The summed E-state index contributed by atoms with van der Waals surface area (Å²) in [7, 11) is -3.77. The minimum absolute atomic E-state index is 0.0418. The van der Waals surface area contributed by atoms with Crippen molar-refractivity contribution < 1.29 is 17.9 Å². The number of ether oxygens (including phenoxy) is 2. The fourth-order valence-corrected chi connectivity index (χ4v) is 4.37. The fourth-order valence-electron chi connectivity index (χ4n) is 3.44. The van der Waals surface area contributed by atoms with Gasteiger partial charge in [-0.05, 0) is 53.1 Å². The van der Waals surface area contributed by atoms with Crippen LogP contribution in [0.15, 0.2) is 65.6 Å². The molecule has 34 heavy (non-hydrogen) atoms. The highest BCUT2D eigenvalue weighted by Crippen LogP contribution is 2.38. The molecule has 0 aliphatic heterocycles. The summed E-state index contributed by atoms with van der Waals surface area (Å²) in [6, 6.07) is 19.6. The van der Waals surface area contributed by atoms with E-state index in [1.807, 2.05) is 38.1 Å². The summed E-state index contributed by atoms with van der Waals surface area (Å²) in [5.41, 5.74) is 2.43. The van der Waals surface area contributed by atoms with Crippen molar-refractivity contribution in [2.24, 2.45) is 5.14 Å². The molecule has 0 fully saturated rings. The minimum Gasteiger partial charge on any atom is -0.489 e. The predicted octanol–water partition coefficient (Wildman–Crippen LogP) is 5.38. The first-order valence-electron chi connectivity index (χ1n) is 10.3. The molecule has 0 amide bonds. The van der Waals surface area contributed by atoms with Crippen LogP contribution in [0.25, 0.3) is 0 Å². The van der Waals surface area contributed by atoms with Crippen molar-refractivity contribution in [2.75, 3.05) is 12.5 Å². The Hall–Kier alpha value is -2.76. The standard InChI is InChI=1S/C25H24Cl2N2O4S/c1-25(2,20-13-18(15-28)24(23(27)14-20)32-11-10-26)19-6-8-21(9-7-19)33-16-17-4-3-5-22(12-17)34(29,30)31/h3-9,12-14H,10-11,16H2,1-2H3,(H2,29,30,31). The second-order valence-electron chi connectivity index (χ2n) is 8.11. The van der Waals surface area contributed by atoms with Gasteiger partial charge in [-0.25, -0.2) is 13.6 Å². The number of nitriles is 1. The van der Waals surface area contributed by atoms with Gasteiger partial charge in [-0.15, -0.1) is 11.6 Å². The van der Waals surface area contributed by atoms with Crippen molar-refractivity contribution in [1.82, 2.24) is 0 Å². The van der Waals surface area contributed by atoms with Crippen LogP contribution in [0.4, 0.5) is 0 Å². The molecule has 0 unspecified atom stereocenters. The van der Waals surface area contributed by atoms with E-state index in [0.717, 1.165) is 11.1 Å². The molecule has 0 bridgehead atoms. The van der Waals surface area contributed by atoms with E-state index >= 15 is 0 Å². The smallest absolute Gasteiger partial charge is 0.238 e. The number of rotatable bonds is 9. The SMILES string of the molecule is CC(C)(c1ccc(OCc2cccc(S(N)(=O)=O)c2)cc1)c1cc(Cl)c(OCCCl)c(C#N)c1. The second kappa shape index (κ2) is 10.7. The van der Waals surface area contributed by atoms with Crippen LogP contribution in [-0.2, 0) is 22.0 Å². The summed E-state index contributed by atoms with van der Waals surface area (Å²) in [5.74, 6) is 1.25. The lowest BCUT2D eigenvalue weighted by Gasteiger charge is -2.27. The van der Waals surface area contributed by atoms with Crippen molar-refractivity contribution >= 4 is 33.2 Å². The first kappa shape index (κ1) is 25.9. The molecule has 0 aliphatic rings. The Morgan fingerprint density at radius 1 is 1.03 bits per heavy atom. The van der Waals surface area contributed by atoms with Crippen molar-refractivity contribution in [3.8, 4) is 17.6 Å². The maximum absolute atomic E-state index is 11.5. The molecule has 178 valence electrons. The summed E-state index contributed by atoms with van der Waals surface area (Å²) in [6.45, 7) is 4.52. The number of primary sulfonamides is 1. The summed E-state index contributed by atoms with van der Waals surface area (Å²) in [4.78, 5) is 0.0418. The Balaban J connectivity index is 1.79. The van der Waals surface area contributed by atoms with Gasteiger partial charge in [0.25, 0.3) is 0 Å². The number of nitrogens with zero attached hydrogens (tertiary/aromatic N) is 1. The number of hydrogen-bond acceptors (Lipinski definition) is 5. The lowest BCUT2D eigenvalue weighted by Crippen LogP contribution is -2.19. The molecule has 9 heteroatoms. The Labute approximate surface area is 209 Å². The molecule has 0 saturated heterocycles. The molecular weight excluding hydrogens is 495 g/mol. The number of sulfonamides is 1. The maximum atomic E-state index is 11.5. The normalized spacial score (nSPS) is 11.6. The van der Waals surface area contributed by atoms with Gasteiger partial charge in [-0.3, -0.25) is 0 Å². The van der Waals surface area contributed by atoms with E-state index in [1.165, 1.54) is 12.1 Å². The Morgan fingerprint density at radius 2 is 1.74 bits per heavy atom. The van der Waals surface area contributed by atoms with E-state index in [1.54, 1.807) is 24.3 Å². The van der Waals surface area contributed by atoms with Gasteiger partial charge in [0.05, 0.1) is 21.4 Å². The molecule has 0 spiro atoms.